The number of hydrogen-bond donors (Lipinski definition) is 2. The number of hydrogen-bond acceptors (Lipinski definition) is 4. The van der Waals surface area contributed by atoms with Crippen LogP contribution in [0.5, 0.6) is 5.75 Å². The van der Waals surface area contributed by atoms with E-state index in [1.807, 2.05) is 18.2 Å². The number of carbonyl (C=O) groups is 1. The Labute approximate surface area is 188 Å². The average molecular weight is 432 g/mol. The minimum atomic E-state index is -0.250. The zero-order valence-corrected chi connectivity index (χ0v) is 19.1. The first-order chi connectivity index (χ1) is 15.4. The fourth-order valence-corrected chi connectivity index (χ4v) is 3.84. The molecule has 4 rings (SSSR count). The van der Waals surface area contributed by atoms with E-state index in [9.17, 15) is 0 Å². The highest BCUT2D eigenvalue weighted by atomic mass is 16.5. The van der Waals surface area contributed by atoms with Gasteiger partial charge in [-0.2, -0.15) is 0 Å². The molecule has 0 saturated heterocycles. The molecule has 0 fully saturated rings. The van der Waals surface area contributed by atoms with E-state index in [1.54, 1.807) is 7.11 Å². The van der Waals surface area contributed by atoms with Gasteiger partial charge in [0.1, 0.15) is 5.75 Å². The molecule has 0 bridgehead atoms. The highest BCUT2D eigenvalue weighted by Crippen LogP contribution is 2.33. The monoisotopic (exact) mass is 431 g/mol. The highest BCUT2D eigenvalue weighted by Gasteiger charge is 2.14. The van der Waals surface area contributed by atoms with Gasteiger partial charge in [-0.15, -0.1) is 0 Å². The maximum atomic E-state index is 8.36. The topological polar surface area (TPSA) is 75.9 Å². The van der Waals surface area contributed by atoms with Crippen LogP contribution in [0.4, 0.5) is 5.69 Å². The quantitative estimate of drug-likeness (QED) is 0.405. The second-order valence-corrected chi connectivity index (χ2v) is 7.65. The van der Waals surface area contributed by atoms with Crippen molar-refractivity contribution in [2.24, 2.45) is 0 Å². The normalized spacial score (nSPS) is 10.4. The van der Waals surface area contributed by atoms with Crippen LogP contribution in [-0.2, 0) is 11.3 Å². The van der Waals surface area contributed by atoms with Crippen molar-refractivity contribution in [2.45, 2.75) is 34.2 Å². The van der Waals surface area contributed by atoms with E-state index in [4.69, 9.17) is 19.6 Å². The molecule has 4 aromatic rings. The van der Waals surface area contributed by atoms with Crippen LogP contribution in [-0.4, -0.2) is 28.1 Å². The molecular weight excluding hydrogens is 402 g/mol. The zero-order valence-electron chi connectivity index (χ0n) is 19.1. The lowest BCUT2D eigenvalue weighted by Gasteiger charge is -2.15. The molecule has 0 amide bonds. The predicted octanol–water partition coefficient (Wildman–Crippen LogP) is 5.56. The molecule has 0 unspecified atom stereocenters. The summed E-state index contributed by atoms with van der Waals surface area (Å²) in [6, 6.07) is 16.7. The molecule has 6 nitrogen and oxygen atoms in total. The fraction of sp³-hybridized carbons (Fsp3) is 0.231. The third kappa shape index (κ3) is 4.59. The number of aromatic nitrogens is 2. The third-order valence-electron chi connectivity index (χ3n) is 5.71. The Bertz CT molecular complexity index is 1220. The van der Waals surface area contributed by atoms with Gasteiger partial charge in [0.05, 0.1) is 18.5 Å². The Morgan fingerprint density at radius 1 is 1.06 bits per heavy atom. The Hall–Kier alpha value is -3.80. The Morgan fingerprint density at radius 3 is 2.38 bits per heavy atom. The van der Waals surface area contributed by atoms with E-state index in [0.29, 0.717) is 0 Å². The van der Waals surface area contributed by atoms with E-state index >= 15 is 0 Å². The summed E-state index contributed by atoms with van der Waals surface area (Å²) >= 11 is 0. The van der Waals surface area contributed by atoms with Gasteiger partial charge in [0, 0.05) is 29.6 Å². The second kappa shape index (κ2) is 10.0. The van der Waals surface area contributed by atoms with Crippen molar-refractivity contribution in [1.82, 2.24) is 9.38 Å². The van der Waals surface area contributed by atoms with Crippen LogP contribution < -0.4 is 10.1 Å². The van der Waals surface area contributed by atoms with Crippen LogP contribution in [0.1, 0.15) is 28.1 Å². The molecule has 6 heteroatoms. The van der Waals surface area contributed by atoms with Crippen molar-refractivity contribution in [3.63, 3.8) is 0 Å². The number of benzene rings is 2. The fourth-order valence-electron chi connectivity index (χ4n) is 3.84. The third-order valence-corrected chi connectivity index (χ3v) is 5.71. The molecule has 0 spiro atoms. The van der Waals surface area contributed by atoms with Gasteiger partial charge in [0.15, 0.2) is 5.65 Å². The number of imidazole rings is 1. The molecule has 0 saturated carbocycles. The van der Waals surface area contributed by atoms with Crippen molar-refractivity contribution in [1.29, 1.82) is 0 Å². The molecule has 32 heavy (non-hydrogen) atoms. The van der Waals surface area contributed by atoms with Crippen LogP contribution in [0.2, 0.25) is 0 Å². The first kappa shape index (κ1) is 22.9. The number of nitrogens with zero attached hydrogens (tertiary/aromatic N) is 2. The molecule has 0 aliphatic carbocycles. The maximum absolute atomic E-state index is 8.36. The Balaban J connectivity index is 0.000000913. The molecular formula is C26H29N3O3. The van der Waals surface area contributed by atoms with E-state index in [2.05, 4.69) is 73.9 Å². The first-order valence-electron chi connectivity index (χ1n) is 10.4. The molecule has 2 N–H and O–H groups in total. The molecule has 0 aliphatic heterocycles. The number of nitrogens with one attached hydrogen (secondary N) is 1. The van der Waals surface area contributed by atoms with Gasteiger partial charge in [-0.1, -0.05) is 36.4 Å². The van der Waals surface area contributed by atoms with Crippen LogP contribution in [0, 0.1) is 27.7 Å². The van der Waals surface area contributed by atoms with Crippen LogP contribution in [0.15, 0.2) is 54.7 Å². The molecule has 2 heterocycles. The van der Waals surface area contributed by atoms with E-state index in [-0.39, 0.29) is 6.47 Å². The number of anilines is 1. The number of rotatable bonds is 5. The summed E-state index contributed by atoms with van der Waals surface area (Å²) in [4.78, 5) is 13.2. The van der Waals surface area contributed by atoms with Gasteiger partial charge in [0.25, 0.3) is 6.47 Å². The van der Waals surface area contributed by atoms with Crippen LogP contribution in [0.3, 0.4) is 0 Å². The van der Waals surface area contributed by atoms with Gasteiger partial charge < -0.3 is 19.6 Å². The van der Waals surface area contributed by atoms with Crippen molar-refractivity contribution in [2.75, 3.05) is 12.4 Å². The largest absolute Gasteiger partial charge is 0.496 e. The lowest BCUT2D eigenvalue weighted by Crippen LogP contribution is -2.05. The van der Waals surface area contributed by atoms with Gasteiger partial charge in [-0.25, -0.2) is 4.98 Å². The minimum absolute atomic E-state index is 0.250. The van der Waals surface area contributed by atoms with Crippen molar-refractivity contribution in [3.8, 4) is 16.9 Å². The van der Waals surface area contributed by atoms with Crippen molar-refractivity contribution in [3.05, 3.63) is 82.8 Å². The highest BCUT2D eigenvalue weighted by molar-refractivity contribution is 5.79. The summed E-state index contributed by atoms with van der Waals surface area (Å²) in [6.45, 7) is 8.99. The second-order valence-electron chi connectivity index (χ2n) is 7.65. The zero-order chi connectivity index (χ0) is 23.3. The minimum Gasteiger partial charge on any atom is -0.496 e. The molecule has 0 atom stereocenters. The number of aryl methyl sites for hydroxylation is 4. The van der Waals surface area contributed by atoms with Crippen LogP contribution >= 0.6 is 0 Å². The molecule has 2 aromatic heterocycles. The van der Waals surface area contributed by atoms with E-state index in [1.165, 1.54) is 16.7 Å². The number of carboxylic acid groups (broad SMARTS) is 1. The molecule has 0 aliphatic rings. The van der Waals surface area contributed by atoms with Gasteiger partial charge in [0.2, 0.25) is 0 Å². The number of ether oxygens (including phenoxy) is 1. The summed E-state index contributed by atoms with van der Waals surface area (Å²) in [5.41, 5.74) is 10.2. The number of pyridine rings is 1. The SMILES string of the molecule is COc1ccccc1-c1cc(NCc2c(C)cccc2C)c2nc(C)c(C)n2c1.O=CO. The van der Waals surface area contributed by atoms with Crippen molar-refractivity contribution >= 4 is 17.8 Å². The first-order valence-corrected chi connectivity index (χ1v) is 10.4. The molecule has 166 valence electrons. The Morgan fingerprint density at radius 2 is 1.72 bits per heavy atom. The van der Waals surface area contributed by atoms with Gasteiger partial charge >= 0.3 is 0 Å². The molecule has 2 aromatic carbocycles. The van der Waals surface area contributed by atoms with Crippen LogP contribution in [0.25, 0.3) is 16.8 Å². The smallest absolute Gasteiger partial charge is 0.290 e. The van der Waals surface area contributed by atoms with Gasteiger partial charge in [-0.05, 0) is 56.5 Å². The number of methoxy groups -OCH3 is 1. The maximum Gasteiger partial charge on any atom is 0.290 e. The average Bonchev–Trinajstić information content (AvgIpc) is 3.07. The van der Waals surface area contributed by atoms with E-state index in [0.717, 1.165) is 46.1 Å². The van der Waals surface area contributed by atoms with E-state index < -0.39 is 0 Å². The number of fused-ring (bicyclic) bond motifs is 1. The lowest BCUT2D eigenvalue weighted by molar-refractivity contribution is -0.122. The van der Waals surface area contributed by atoms with Crippen molar-refractivity contribution < 1.29 is 14.6 Å². The summed E-state index contributed by atoms with van der Waals surface area (Å²) in [7, 11) is 1.71. The summed E-state index contributed by atoms with van der Waals surface area (Å²) < 4.78 is 7.77. The lowest BCUT2D eigenvalue weighted by atomic mass is 10.0. The van der Waals surface area contributed by atoms with Gasteiger partial charge in [-0.3, -0.25) is 4.79 Å². The predicted molar refractivity (Wildman–Crippen MR) is 129 cm³/mol. The summed E-state index contributed by atoms with van der Waals surface area (Å²) in [6.07, 6.45) is 2.15. The summed E-state index contributed by atoms with van der Waals surface area (Å²) in [5.74, 6) is 0.863. The standard InChI is InChI=1S/C25H27N3O.CH2O2/c1-16-9-8-10-17(2)22(16)14-26-23-13-20(21-11-6-7-12-24(21)29-5)15-28-19(4)18(3)27-25(23)28;2-1-3/h6-13,15,26H,14H2,1-5H3;1H,(H,2,3). The number of para-hydroxylation sites is 1. The summed E-state index contributed by atoms with van der Waals surface area (Å²) in [5, 5.41) is 10.5. The Kier molecular flexibility index (Phi) is 7.15. The molecule has 0 radical (unpaired) electrons.